The third-order valence-electron chi connectivity index (χ3n) is 5.10. The van der Waals surface area contributed by atoms with Crippen LogP contribution in [0.1, 0.15) is 39.3 Å². The van der Waals surface area contributed by atoms with Crippen LogP contribution in [0.4, 0.5) is 5.69 Å². The zero-order valence-corrected chi connectivity index (χ0v) is 17.7. The van der Waals surface area contributed by atoms with Crippen molar-refractivity contribution in [2.75, 3.05) is 5.32 Å². The summed E-state index contributed by atoms with van der Waals surface area (Å²) in [6, 6.07) is 23.5. The first-order valence-electron chi connectivity index (χ1n) is 10.2. The molecule has 4 aromatic rings. The second kappa shape index (κ2) is 8.00. The molecule has 0 amide bonds. The van der Waals surface area contributed by atoms with E-state index in [1.807, 2.05) is 16.8 Å². The van der Waals surface area contributed by atoms with Crippen LogP contribution in [-0.4, -0.2) is 21.0 Å². The lowest BCUT2D eigenvalue weighted by atomic mass is 9.98. The summed E-state index contributed by atoms with van der Waals surface area (Å²) in [5.74, 6) is 0. The Labute approximate surface area is 177 Å². The van der Waals surface area contributed by atoms with Crippen LogP contribution in [0, 0.1) is 11.3 Å². The van der Waals surface area contributed by atoms with Gasteiger partial charge in [-0.15, -0.1) is 5.10 Å². The Bertz CT molecular complexity index is 1230. The van der Waals surface area contributed by atoms with E-state index in [2.05, 4.69) is 97.9 Å². The molecule has 0 saturated carbocycles. The van der Waals surface area contributed by atoms with Gasteiger partial charge in [-0.2, -0.15) is 5.26 Å². The molecule has 0 atom stereocenters. The van der Waals surface area contributed by atoms with Crippen molar-refractivity contribution in [2.24, 2.45) is 0 Å². The summed E-state index contributed by atoms with van der Waals surface area (Å²) in [6.07, 6.45) is 0. The minimum atomic E-state index is 0.278. The molecule has 0 aliphatic heterocycles. The van der Waals surface area contributed by atoms with Gasteiger partial charge in [-0.05, 0) is 74.2 Å². The Morgan fingerprint density at radius 3 is 2.03 bits per heavy atom. The summed E-state index contributed by atoms with van der Waals surface area (Å²) < 4.78 is 1.94. The van der Waals surface area contributed by atoms with Crippen LogP contribution in [0.15, 0.2) is 60.7 Å². The Morgan fingerprint density at radius 1 is 0.833 bits per heavy atom. The third-order valence-corrected chi connectivity index (χ3v) is 5.10. The van der Waals surface area contributed by atoms with Crippen LogP contribution in [-0.2, 0) is 0 Å². The van der Waals surface area contributed by atoms with E-state index in [1.54, 1.807) is 0 Å². The van der Waals surface area contributed by atoms with E-state index in [4.69, 9.17) is 0 Å². The summed E-state index contributed by atoms with van der Waals surface area (Å²) in [7, 11) is 0. The molecule has 1 heterocycles. The molecule has 0 radical (unpaired) electrons. The molecule has 150 valence electrons. The molecule has 1 N–H and O–H groups in total. The van der Waals surface area contributed by atoms with Crippen LogP contribution in [0.5, 0.6) is 0 Å². The monoisotopic (exact) mass is 395 g/mol. The highest BCUT2D eigenvalue weighted by atomic mass is 15.4. The molecule has 3 aromatic carbocycles. The van der Waals surface area contributed by atoms with Crippen molar-refractivity contribution in [1.82, 2.24) is 15.0 Å². The highest BCUT2D eigenvalue weighted by molar-refractivity contribution is 5.82. The van der Waals surface area contributed by atoms with Gasteiger partial charge in [0, 0.05) is 12.1 Å². The number of fused-ring (bicyclic) bond motifs is 1. The zero-order valence-electron chi connectivity index (χ0n) is 17.7. The van der Waals surface area contributed by atoms with E-state index in [1.165, 1.54) is 0 Å². The summed E-state index contributed by atoms with van der Waals surface area (Å²) in [4.78, 5) is 0. The minimum absolute atomic E-state index is 0.278. The molecule has 0 aliphatic rings. The average Bonchev–Trinajstić information content (AvgIpc) is 3.17. The number of hydrogen-bond acceptors (Lipinski definition) is 4. The van der Waals surface area contributed by atoms with E-state index in [0.717, 1.165) is 39.0 Å². The Balaban J connectivity index is 1.63. The van der Waals surface area contributed by atoms with Crippen molar-refractivity contribution in [3.05, 3.63) is 66.2 Å². The van der Waals surface area contributed by atoms with Crippen molar-refractivity contribution in [1.29, 1.82) is 5.26 Å². The molecule has 5 heteroatoms. The van der Waals surface area contributed by atoms with Gasteiger partial charge in [-0.3, -0.25) is 0 Å². The lowest BCUT2D eigenvalue weighted by molar-refractivity contribution is 0.530. The number of anilines is 1. The van der Waals surface area contributed by atoms with E-state index in [9.17, 15) is 5.26 Å². The van der Waals surface area contributed by atoms with Crippen LogP contribution >= 0.6 is 0 Å². The quantitative estimate of drug-likeness (QED) is 0.447. The van der Waals surface area contributed by atoms with E-state index < -0.39 is 0 Å². The standard InChI is InChI=1S/C25H25N5/c1-16(2)27-23-11-9-20(13-22(23)15-26)18-5-7-19(8-6-18)21-10-12-25-24(14-21)28-29-30(25)17(3)4/h5-14,16-17,27H,1-4H3. The molecule has 5 nitrogen and oxygen atoms in total. The lowest BCUT2D eigenvalue weighted by Crippen LogP contribution is -2.10. The van der Waals surface area contributed by atoms with Gasteiger partial charge in [0.25, 0.3) is 0 Å². The molecule has 1 aromatic heterocycles. The highest BCUT2D eigenvalue weighted by Crippen LogP contribution is 2.29. The molecular weight excluding hydrogens is 370 g/mol. The largest absolute Gasteiger partial charge is 0.382 e. The Morgan fingerprint density at radius 2 is 1.43 bits per heavy atom. The highest BCUT2D eigenvalue weighted by Gasteiger charge is 2.10. The summed E-state index contributed by atoms with van der Waals surface area (Å²) in [5.41, 5.74) is 7.82. The van der Waals surface area contributed by atoms with Gasteiger partial charge in [0.2, 0.25) is 0 Å². The van der Waals surface area contributed by atoms with Crippen molar-refractivity contribution in [3.63, 3.8) is 0 Å². The van der Waals surface area contributed by atoms with Crippen molar-refractivity contribution < 1.29 is 0 Å². The molecule has 0 bridgehead atoms. The molecule has 30 heavy (non-hydrogen) atoms. The van der Waals surface area contributed by atoms with E-state index in [0.29, 0.717) is 5.56 Å². The van der Waals surface area contributed by atoms with Gasteiger partial charge in [0.05, 0.1) is 16.8 Å². The fraction of sp³-hybridized carbons (Fsp3) is 0.240. The molecule has 0 fully saturated rings. The molecule has 0 aliphatic carbocycles. The normalized spacial score (nSPS) is 11.2. The number of aromatic nitrogens is 3. The minimum Gasteiger partial charge on any atom is -0.382 e. The number of benzene rings is 3. The van der Waals surface area contributed by atoms with Gasteiger partial charge < -0.3 is 5.32 Å². The second-order valence-corrected chi connectivity index (χ2v) is 8.08. The van der Waals surface area contributed by atoms with Gasteiger partial charge in [-0.25, -0.2) is 4.68 Å². The second-order valence-electron chi connectivity index (χ2n) is 8.08. The van der Waals surface area contributed by atoms with Gasteiger partial charge >= 0.3 is 0 Å². The van der Waals surface area contributed by atoms with Crippen LogP contribution in [0.2, 0.25) is 0 Å². The third kappa shape index (κ3) is 3.77. The number of nitriles is 1. The molecule has 4 rings (SSSR count). The van der Waals surface area contributed by atoms with Crippen LogP contribution in [0.25, 0.3) is 33.3 Å². The van der Waals surface area contributed by atoms with Gasteiger partial charge in [0.15, 0.2) is 0 Å². The Hall–Kier alpha value is -3.65. The molecule has 0 saturated heterocycles. The zero-order chi connectivity index (χ0) is 21.3. The van der Waals surface area contributed by atoms with Crippen LogP contribution in [0.3, 0.4) is 0 Å². The first-order valence-corrected chi connectivity index (χ1v) is 10.2. The fourth-order valence-electron chi connectivity index (χ4n) is 3.61. The van der Waals surface area contributed by atoms with Gasteiger partial charge in [-0.1, -0.05) is 41.6 Å². The van der Waals surface area contributed by atoms with Crippen molar-refractivity contribution in [3.8, 4) is 28.3 Å². The van der Waals surface area contributed by atoms with Crippen LogP contribution < -0.4 is 5.32 Å². The average molecular weight is 396 g/mol. The fourth-order valence-corrected chi connectivity index (χ4v) is 3.61. The SMILES string of the molecule is CC(C)Nc1ccc(-c2ccc(-c3ccc4c(c3)nnn4C(C)C)cc2)cc1C#N. The maximum atomic E-state index is 9.52. The summed E-state index contributed by atoms with van der Waals surface area (Å²) in [6.45, 7) is 8.33. The van der Waals surface area contributed by atoms with Crippen molar-refractivity contribution >= 4 is 16.7 Å². The topological polar surface area (TPSA) is 66.5 Å². The number of nitrogens with zero attached hydrogens (tertiary/aromatic N) is 4. The first-order chi connectivity index (χ1) is 14.5. The maximum Gasteiger partial charge on any atom is 0.113 e. The summed E-state index contributed by atoms with van der Waals surface area (Å²) >= 11 is 0. The maximum absolute atomic E-state index is 9.52. The smallest absolute Gasteiger partial charge is 0.113 e. The predicted octanol–water partition coefficient (Wildman–Crippen LogP) is 6.04. The molecule has 0 spiro atoms. The lowest BCUT2D eigenvalue weighted by Gasteiger charge is -2.13. The molecule has 0 unspecified atom stereocenters. The van der Waals surface area contributed by atoms with Crippen molar-refractivity contribution in [2.45, 2.75) is 39.8 Å². The predicted molar refractivity (Wildman–Crippen MR) is 122 cm³/mol. The first kappa shape index (κ1) is 19.7. The number of hydrogen-bond donors (Lipinski definition) is 1. The number of nitrogens with one attached hydrogen (secondary N) is 1. The number of rotatable bonds is 5. The Kier molecular flexibility index (Phi) is 5.24. The van der Waals surface area contributed by atoms with E-state index >= 15 is 0 Å². The summed E-state index contributed by atoms with van der Waals surface area (Å²) in [5, 5.41) is 21.4. The molecular formula is C25H25N5. The van der Waals surface area contributed by atoms with Gasteiger partial charge in [0.1, 0.15) is 11.6 Å². The van der Waals surface area contributed by atoms with E-state index in [-0.39, 0.29) is 12.1 Å².